The summed E-state index contributed by atoms with van der Waals surface area (Å²) in [6, 6.07) is 7.84. The number of sulfonamides is 1. The van der Waals surface area contributed by atoms with Gasteiger partial charge < -0.3 is 19.4 Å². The Balaban J connectivity index is 1.73. The van der Waals surface area contributed by atoms with E-state index in [1.807, 2.05) is 19.9 Å². The lowest BCUT2D eigenvalue weighted by molar-refractivity contribution is 0.254. The monoisotopic (exact) mass is 389 g/mol. The molecule has 1 aliphatic rings. The number of ether oxygens (including phenoxy) is 2. The SMILES string of the molecule is CCOc1cc2c(cc1NS(=O)(=O)c1ccc3[nH]c(=O)[nH]c3c1)OC(C)C2. The van der Waals surface area contributed by atoms with Crippen LogP contribution in [-0.4, -0.2) is 31.1 Å². The van der Waals surface area contributed by atoms with Crippen molar-refractivity contribution in [2.75, 3.05) is 11.3 Å². The lowest BCUT2D eigenvalue weighted by Gasteiger charge is -2.14. The molecule has 0 bridgehead atoms. The van der Waals surface area contributed by atoms with E-state index in [1.165, 1.54) is 12.1 Å². The zero-order valence-electron chi connectivity index (χ0n) is 14.8. The molecule has 8 nitrogen and oxygen atoms in total. The molecule has 9 heteroatoms. The molecule has 3 aromatic rings. The van der Waals surface area contributed by atoms with Gasteiger partial charge in [0.15, 0.2) is 0 Å². The predicted molar refractivity (Wildman–Crippen MR) is 101 cm³/mol. The molecule has 0 fully saturated rings. The fourth-order valence-corrected chi connectivity index (χ4v) is 4.26. The standard InChI is InChI=1S/C18H19N3O5S/c1-3-25-17-7-11-6-10(2)26-16(11)9-15(17)21-27(23,24)12-4-5-13-14(8-12)20-18(22)19-13/h4-5,7-10,21H,3,6H2,1-2H3,(H2,19,20,22). The number of anilines is 1. The molecule has 1 atom stereocenters. The van der Waals surface area contributed by atoms with E-state index in [-0.39, 0.29) is 11.0 Å². The highest BCUT2D eigenvalue weighted by atomic mass is 32.2. The van der Waals surface area contributed by atoms with Crippen LogP contribution >= 0.6 is 0 Å². The van der Waals surface area contributed by atoms with Gasteiger partial charge >= 0.3 is 5.69 Å². The third kappa shape index (κ3) is 3.25. The topological polar surface area (TPSA) is 113 Å². The predicted octanol–water partition coefficient (Wildman–Crippen LogP) is 2.38. The summed E-state index contributed by atoms with van der Waals surface area (Å²) >= 11 is 0. The average molecular weight is 389 g/mol. The number of aromatic amines is 2. The highest BCUT2D eigenvalue weighted by molar-refractivity contribution is 7.92. The van der Waals surface area contributed by atoms with Crippen molar-refractivity contribution in [2.24, 2.45) is 0 Å². The number of nitrogens with one attached hydrogen (secondary N) is 3. The highest BCUT2D eigenvalue weighted by Crippen LogP contribution is 2.39. The maximum atomic E-state index is 12.9. The van der Waals surface area contributed by atoms with Crippen molar-refractivity contribution >= 4 is 26.7 Å². The first-order valence-corrected chi connectivity index (χ1v) is 10.1. The zero-order chi connectivity index (χ0) is 19.2. The van der Waals surface area contributed by atoms with Crippen molar-refractivity contribution in [3.63, 3.8) is 0 Å². The summed E-state index contributed by atoms with van der Waals surface area (Å²) < 4.78 is 39.6. The first-order valence-electron chi connectivity index (χ1n) is 8.57. The van der Waals surface area contributed by atoms with Crippen LogP contribution in [-0.2, 0) is 16.4 Å². The Bertz CT molecular complexity index is 1180. The van der Waals surface area contributed by atoms with Crippen molar-refractivity contribution in [2.45, 2.75) is 31.3 Å². The third-order valence-corrected chi connectivity index (χ3v) is 5.70. The minimum Gasteiger partial charge on any atom is -0.492 e. The second kappa shape index (κ2) is 6.34. The molecule has 0 aliphatic carbocycles. The summed E-state index contributed by atoms with van der Waals surface area (Å²) in [5.74, 6) is 1.10. The first kappa shape index (κ1) is 17.5. The van der Waals surface area contributed by atoms with E-state index in [2.05, 4.69) is 14.7 Å². The van der Waals surface area contributed by atoms with Gasteiger partial charge in [0.05, 0.1) is 28.2 Å². The molecule has 1 aliphatic heterocycles. The van der Waals surface area contributed by atoms with Crippen molar-refractivity contribution < 1.29 is 17.9 Å². The van der Waals surface area contributed by atoms with Crippen LogP contribution < -0.4 is 19.9 Å². The summed E-state index contributed by atoms with van der Waals surface area (Å²) in [7, 11) is -3.89. The number of hydrogen-bond acceptors (Lipinski definition) is 5. The number of fused-ring (bicyclic) bond motifs is 2. The van der Waals surface area contributed by atoms with Crippen LogP contribution in [0.15, 0.2) is 40.0 Å². The minimum absolute atomic E-state index is 0.0301. The van der Waals surface area contributed by atoms with Crippen LogP contribution in [0.3, 0.4) is 0 Å². The van der Waals surface area contributed by atoms with Gasteiger partial charge in [0.1, 0.15) is 17.6 Å². The Morgan fingerprint density at radius 3 is 2.78 bits per heavy atom. The van der Waals surface area contributed by atoms with Crippen molar-refractivity contribution in [3.05, 3.63) is 46.4 Å². The molecule has 0 spiro atoms. The maximum absolute atomic E-state index is 12.9. The quantitative estimate of drug-likeness (QED) is 0.620. The van der Waals surface area contributed by atoms with Gasteiger partial charge in [0.25, 0.3) is 10.0 Å². The first-order chi connectivity index (χ1) is 12.9. The van der Waals surface area contributed by atoms with E-state index in [1.54, 1.807) is 12.1 Å². The van der Waals surface area contributed by atoms with E-state index in [0.717, 1.165) is 12.0 Å². The van der Waals surface area contributed by atoms with Crippen LogP contribution in [0.4, 0.5) is 5.69 Å². The lowest BCUT2D eigenvalue weighted by atomic mass is 10.1. The van der Waals surface area contributed by atoms with Crippen LogP contribution in [0.25, 0.3) is 11.0 Å². The van der Waals surface area contributed by atoms with Gasteiger partial charge in [-0.15, -0.1) is 0 Å². The van der Waals surface area contributed by atoms with Crippen molar-refractivity contribution in [3.8, 4) is 11.5 Å². The molecular weight excluding hydrogens is 370 g/mol. The number of imidazole rings is 1. The molecular formula is C18H19N3O5S. The Morgan fingerprint density at radius 2 is 2.00 bits per heavy atom. The molecule has 2 heterocycles. The number of benzene rings is 2. The van der Waals surface area contributed by atoms with E-state index in [4.69, 9.17) is 9.47 Å². The van der Waals surface area contributed by atoms with E-state index in [9.17, 15) is 13.2 Å². The van der Waals surface area contributed by atoms with Crippen LogP contribution in [0.2, 0.25) is 0 Å². The molecule has 0 radical (unpaired) electrons. The summed E-state index contributed by atoms with van der Waals surface area (Å²) in [6.07, 6.45) is 0.786. The van der Waals surface area contributed by atoms with E-state index in [0.29, 0.717) is 34.8 Å². The van der Waals surface area contributed by atoms with Gasteiger partial charge in [-0.2, -0.15) is 0 Å². The normalized spacial score (nSPS) is 16.1. The third-order valence-electron chi connectivity index (χ3n) is 4.34. The molecule has 1 aromatic heterocycles. The number of H-pyrrole nitrogens is 2. The van der Waals surface area contributed by atoms with E-state index < -0.39 is 15.7 Å². The lowest BCUT2D eigenvalue weighted by Crippen LogP contribution is -2.14. The van der Waals surface area contributed by atoms with Crippen LogP contribution in [0, 0.1) is 0 Å². The van der Waals surface area contributed by atoms with Gasteiger partial charge in [-0.25, -0.2) is 13.2 Å². The highest BCUT2D eigenvalue weighted by Gasteiger charge is 2.24. The van der Waals surface area contributed by atoms with Gasteiger partial charge in [-0.05, 0) is 38.1 Å². The molecule has 3 N–H and O–H groups in total. The Hall–Kier alpha value is -2.94. The van der Waals surface area contributed by atoms with Gasteiger partial charge in [-0.3, -0.25) is 4.72 Å². The van der Waals surface area contributed by atoms with E-state index >= 15 is 0 Å². The fraction of sp³-hybridized carbons (Fsp3) is 0.278. The number of rotatable bonds is 5. The van der Waals surface area contributed by atoms with Gasteiger partial charge in [-0.1, -0.05) is 0 Å². The smallest absolute Gasteiger partial charge is 0.323 e. The summed E-state index contributed by atoms with van der Waals surface area (Å²) in [6.45, 7) is 4.19. The number of hydrogen-bond donors (Lipinski definition) is 3. The average Bonchev–Trinajstić information content (AvgIpc) is 3.14. The summed E-state index contributed by atoms with van der Waals surface area (Å²) in [5, 5.41) is 0. The van der Waals surface area contributed by atoms with Crippen LogP contribution in [0.1, 0.15) is 19.4 Å². The molecule has 142 valence electrons. The van der Waals surface area contributed by atoms with Crippen molar-refractivity contribution in [1.82, 2.24) is 9.97 Å². The largest absolute Gasteiger partial charge is 0.492 e. The molecule has 1 unspecified atom stereocenters. The number of aromatic nitrogens is 2. The Kier molecular flexibility index (Phi) is 4.11. The summed E-state index contributed by atoms with van der Waals surface area (Å²) in [5.41, 5.74) is 1.86. The molecule has 27 heavy (non-hydrogen) atoms. The van der Waals surface area contributed by atoms with Gasteiger partial charge in [0.2, 0.25) is 0 Å². The van der Waals surface area contributed by atoms with Gasteiger partial charge in [0, 0.05) is 18.1 Å². The molecule has 4 rings (SSSR count). The Labute approximate surface area is 155 Å². The maximum Gasteiger partial charge on any atom is 0.323 e. The molecule has 0 amide bonds. The molecule has 0 saturated heterocycles. The minimum atomic E-state index is -3.89. The second-order valence-electron chi connectivity index (χ2n) is 6.41. The Morgan fingerprint density at radius 1 is 1.22 bits per heavy atom. The molecule has 2 aromatic carbocycles. The fourth-order valence-electron chi connectivity index (χ4n) is 3.18. The van der Waals surface area contributed by atoms with Crippen LogP contribution in [0.5, 0.6) is 11.5 Å². The molecule has 0 saturated carbocycles. The van der Waals surface area contributed by atoms with Crippen molar-refractivity contribution in [1.29, 1.82) is 0 Å². The second-order valence-corrected chi connectivity index (χ2v) is 8.10. The summed E-state index contributed by atoms with van der Waals surface area (Å²) in [4.78, 5) is 16.6. The zero-order valence-corrected chi connectivity index (χ0v) is 15.6.